The van der Waals surface area contributed by atoms with Gasteiger partial charge >= 0.3 is 0 Å². The largest absolute Gasteiger partial charge is 0.494 e. The SMILES string of the molecule is CCCCOc1ccc2c(c1)CC[C@@H]1[C@@H]2CC[C@]2(C)C(=O)/C(=C/c3cnn(C)c3)C[C@H]12. The van der Waals surface area contributed by atoms with Crippen LogP contribution in [0.5, 0.6) is 5.75 Å². The molecule has 0 unspecified atom stereocenters. The monoisotopic (exact) mass is 418 g/mol. The molecule has 0 radical (unpaired) electrons. The molecule has 3 aliphatic rings. The number of ether oxygens (including phenoxy) is 1. The summed E-state index contributed by atoms with van der Waals surface area (Å²) in [5.41, 5.74) is 4.82. The van der Waals surface area contributed by atoms with Crippen LogP contribution in [0.2, 0.25) is 0 Å². The topological polar surface area (TPSA) is 44.1 Å². The minimum Gasteiger partial charge on any atom is -0.494 e. The van der Waals surface area contributed by atoms with E-state index in [0.717, 1.165) is 62.0 Å². The molecule has 0 N–H and O–H groups in total. The summed E-state index contributed by atoms with van der Waals surface area (Å²) >= 11 is 0. The Hall–Kier alpha value is -2.36. The highest BCUT2D eigenvalue weighted by Gasteiger charge is 2.56. The highest BCUT2D eigenvalue weighted by atomic mass is 16.5. The summed E-state index contributed by atoms with van der Waals surface area (Å²) in [4.78, 5) is 13.5. The van der Waals surface area contributed by atoms with Gasteiger partial charge in [-0.3, -0.25) is 9.48 Å². The minimum absolute atomic E-state index is 0.198. The Labute approximate surface area is 185 Å². The van der Waals surface area contributed by atoms with E-state index in [4.69, 9.17) is 4.74 Å². The highest BCUT2D eigenvalue weighted by Crippen LogP contribution is 2.60. The number of benzene rings is 1. The van der Waals surface area contributed by atoms with Crippen LogP contribution in [0.4, 0.5) is 0 Å². The summed E-state index contributed by atoms with van der Waals surface area (Å²) in [6.07, 6.45) is 13.5. The lowest BCUT2D eigenvalue weighted by Gasteiger charge is -2.48. The van der Waals surface area contributed by atoms with Gasteiger partial charge in [0.2, 0.25) is 0 Å². The van der Waals surface area contributed by atoms with Crippen LogP contribution in [0.25, 0.3) is 6.08 Å². The molecule has 4 nitrogen and oxygen atoms in total. The van der Waals surface area contributed by atoms with Crippen molar-refractivity contribution in [2.24, 2.45) is 24.3 Å². The van der Waals surface area contributed by atoms with Gasteiger partial charge in [-0.2, -0.15) is 5.10 Å². The number of Topliss-reactive ketones (excluding diaryl/α,β-unsaturated/α-hetero) is 1. The second kappa shape index (κ2) is 7.96. The van der Waals surface area contributed by atoms with Crippen LogP contribution in [0.15, 0.2) is 36.2 Å². The molecule has 0 saturated heterocycles. The number of nitrogens with zero attached hydrogens (tertiary/aromatic N) is 2. The second-order valence-electron chi connectivity index (χ2n) is 10.1. The Morgan fingerprint density at radius 3 is 2.97 bits per heavy atom. The normalized spacial score (nSPS) is 30.7. The van der Waals surface area contributed by atoms with E-state index in [0.29, 0.717) is 23.5 Å². The summed E-state index contributed by atoms with van der Waals surface area (Å²) in [5.74, 6) is 3.03. The van der Waals surface area contributed by atoms with Crippen molar-refractivity contribution >= 4 is 11.9 Å². The number of allylic oxidation sites excluding steroid dienone is 1. The molecule has 0 bridgehead atoms. The molecule has 0 spiro atoms. The quantitative estimate of drug-likeness (QED) is 0.461. The molecule has 2 aromatic rings. The van der Waals surface area contributed by atoms with Gasteiger partial charge in [0, 0.05) is 24.2 Å². The predicted molar refractivity (Wildman–Crippen MR) is 123 cm³/mol. The van der Waals surface area contributed by atoms with E-state index in [2.05, 4.69) is 43.2 Å². The third-order valence-electron chi connectivity index (χ3n) is 8.17. The first-order chi connectivity index (χ1) is 15.0. The van der Waals surface area contributed by atoms with Crippen LogP contribution in [0.1, 0.15) is 75.0 Å². The predicted octanol–water partition coefficient (Wildman–Crippen LogP) is 5.72. The van der Waals surface area contributed by atoms with Gasteiger partial charge in [-0.1, -0.05) is 26.3 Å². The van der Waals surface area contributed by atoms with E-state index in [1.54, 1.807) is 4.68 Å². The lowest BCUT2D eigenvalue weighted by Crippen LogP contribution is -2.42. The van der Waals surface area contributed by atoms with Gasteiger partial charge in [-0.25, -0.2) is 0 Å². The Morgan fingerprint density at radius 2 is 2.19 bits per heavy atom. The average Bonchev–Trinajstić information content (AvgIpc) is 3.29. The van der Waals surface area contributed by atoms with Crippen molar-refractivity contribution in [2.45, 2.75) is 64.7 Å². The summed E-state index contributed by atoms with van der Waals surface area (Å²) in [6, 6.07) is 6.76. The van der Waals surface area contributed by atoms with Crippen molar-refractivity contribution in [1.82, 2.24) is 9.78 Å². The number of carbonyl (C=O) groups excluding carboxylic acids is 1. The van der Waals surface area contributed by atoms with Gasteiger partial charge < -0.3 is 4.74 Å². The van der Waals surface area contributed by atoms with Gasteiger partial charge in [0.15, 0.2) is 5.78 Å². The fraction of sp³-hybridized carbons (Fsp3) is 0.556. The van der Waals surface area contributed by atoms with E-state index >= 15 is 0 Å². The standard InChI is InChI=1S/C27H34N2O2/c1-4-5-12-31-21-7-9-22-19(14-21)6-8-24-23(22)10-11-27(2)25(24)15-20(26(27)30)13-18-16-28-29(3)17-18/h7,9,13-14,16-17,23-25H,4-6,8,10-12,15H2,1-3H3/b20-13+/t23-,24-,25-,27+/m1/s1. The van der Waals surface area contributed by atoms with Crippen LogP contribution in [0.3, 0.4) is 0 Å². The number of hydrogen-bond donors (Lipinski definition) is 0. The van der Waals surface area contributed by atoms with Crippen molar-refractivity contribution in [2.75, 3.05) is 6.61 Å². The maximum Gasteiger partial charge on any atom is 0.165 e. The smallest absolute Gasteiger partial charge is 0.165 e. The molecule has 2 fully saturated rings. The molecule has 1 heterocycles. The Balaban J connectivity index is 1.39. The van der Waals surface area contributed by atoms with Crippen LogP contribution in [-0.4, -0.2) is 22.2 Å². The number of rotatable bonds is 5. The zero-order chi connectivity index (χ0) is 21.6. The van der Waals surface area contributed by atoms with Crippen molar-refractivity contribution < 1.29 is 9.53 Å². The molecular weight excluding hydrogens is 384 g/mol. The van der Waals surface area contributed by atoms with E-state index in [-0.39, 0.29) is 5.41 Å². The van der Waals surface area contributed by atoms with E-state index in [1.807, 2.05) is 19.4 Å². The fourth-order valence-electron chi connectivity index (χ4n) is 6.50. The highest BCUT2D eigenvalue weighted by molar-refractivity contribution is 6.05. The zero-order valence-corrected chi connectivity index (χ0v) is 19.1. The molecule has 4 heteroatoms. The summed E-state index contributed by atoms with van der Waals surface area (Å²) < 4.78 is 7.76. The summed E-state index contributed by atoms with van der Waals surface area (Å²) in [5, 5.41) is 4.26. The third kappa shape index (κ3) is 3.54. The molecule has 0 amide bonds. The molecule has 4 atom stereocenters. The maximum atomic E-state index is 13.5. The summed E-state index contributed by atoms with van der Waals surface area (Å²) in [7, 11) is 1.92. The Morgan fingerprint density at radius 1 is 1.32 bits per heavy atom. The van der Waals surface area contributed by atoms with Crippen molar-refractivity contribution in [1.29, 1.82) is 0 Å². The second-order valence-corrected chi connectivity index (χ2v) is 10.1. The van der Waals surface area contributed by atoms with Gasteiger partial charge in [0.25, 0.3) is 0 Å². The lowest BCUT2D eigenvalue weighted by molar-refractivity contribution is -0.127. The van der Waals surface area contributed by atoms with Crippen LogP contribution >= 0.6 is 0 Å². The molecule has 2 saturated carbocycles. The molecule has 164 valence electrons. The van der Waals surface area contributed by atoms with E-state index < -0.39 is 0 Å². The first kappa shape index (κ1) is 20.5. The number of carbonyl (C=O) groups is 1. The molecular formula is C27H34N2O2. The molecule has 3 aliphatic carbocycles. The molecule has 1 aromatic carbocycles. The van der Waals surface area contributed by atoms with Gasteiger partial charge in [0.05, 0.1) is 12.8 Å². The molecule has 0 aliphatic heterocycles. The van der Waals surface area contributed by atoms with Gasteiger partial charge in [-0.05, 0) is 91.2 Å². The van der Waals surface area contributed by atoms with Crippen LogP contribution in [0, 0.1) is 17.3 Å². The van der Waals surface area contributed by atoms with Crippen molar-refractivity contribution in [3.63, 3.8) is 0 Å². The number of unbranched alkanes of at least 4 members (excludes halogenated alkanes) is 1. The van der Waals surface area contributed by atoms with Crippen LogP contribution < -0.4 is 4.74 Å². The summed E-state index contributed by atoms with van der Waals surface area (Å²) in [6.45, 7) is 5.23. The van der Waals surface area contributed by atoms with Crippen molar-refractivity contribution in [3.05, 3.63) is 52.9 Å². The molecule has 1 aromatic heterocycles. The molecule has 5 rings (SSSR count). The van der Waals surface area contributed by atoms with E-state index in [9.17, 15) is 4.79 Å². The minimum atomic E-state index is -0.198. The first-order valence-electron chi connectivity index (χ1n) is 12.0. The van der Waals surface area contributed by atoms with Gasteiger partial charge in [0.1, 0.15) is 5.75 Å². The molecule has 31 heavy (non-hydrogen) atoms. The van der Waals surface area contributed by atoms with Crippen LogP contribution in [-0.2, 0) is 18.3 Å². The maximum absolute atomic E-state index is 13.5. The Kier molecular flexibility index (Phi) is 5.27. The number of ketones is 1. The lowest BCUT2D eigenvalue weighted by atomic mass is 9.55. The number of fused-ring (bicyclic) bond motifs is 5. The first-order valence-corrected chi connectivity index (χ1v) is 12.0. The van der Waals surface area contributed by atoms with E-state index in [1.165, 1.54) is 17.5 Å². The number of hydrogen-bond acceptors (Lipinski definition) is 3. The zero-order valence-electron chi connectivity index (χ0n) is 19.1. The van der Waals surface area contributed by atoms with Crippen molar-refractivity contribution in [3.8, 4) is 5.75 Å². The fourth-order valence-corrected chi connectivity index (χ4v) is 6.50. The average molecular weight is 419 g/mol. The third-order valence-corrected chi connectivity index (χ3v) is 8.17. The Bertz CT molecular complexity index is 1020. The van der Waals surface area contributed by atoms with Gasteiger partial charge in [-0.15, -0.1) is 0 Å². The number of aromatic nitrogens is 2. The number of aryl methyl sites for hydroxylation is 2.